The summed E-state index contributed by atoms with van der Waals surface area (Å²) in [6.07, 6.45) is 8.14. The lowest BCUT2D eigenvalue weighted by atomic mass is 9.81. The Morgan fingerprint density at radius 2 is 2.47 bits per heavy atom. The zero-order chi connectivity index (χ0) is 11.3. The van der Waals surface area contributed by atoms with Crippen molar-refractivity contribution in [3.05, 3.63) is 0 Å². The molecule has 1 amide bonds. The Morgan fingerprint density at radius 3 is 2.93 bits per heavy atom. The van der Waals surface area contributed by atoms with Crippen LogP contribution in [0, 0.1) is 17.8 Å². The Bertz CT molecular complexity index is 261. The first-order valence-electron chi connectivity index (χ1n) is 5.62. The van der Waals surface area contributed by atoms with Gasteiger partial charge in [0.2, 0.25) is 5.91 Å². The fraction of sp³-hybridized carbons (Fsp3) is 0.750. The summed E-state index contributed by atoms with van der Waals surface area (Å²) in [5, 5.41) is 6.14. The van der Waals surface area contributed by atoms with Crippen molar-refractivity contribution in [3.63, 3.8) is 0 Å². The standard InChI is InChI=1S/C12H20N2O/c1-4-6-12(7-8-13-9-12)11(15)14-10(3)5-2/h2,10,13H,4,6-9H2,1,3H3,(H,14,15). The first-order chi connectivity index (χ1) is 7.14. The SMILES string of the molecule is C#CC(C)NC(=O)C1(CCC)CCNC1. The molecule has 2 atom stereocenters. The predicted molar refractivity (Wildman–Crippen MR) is 61.3 cm³/mol. The highest BCUT2D eigenvalue weighted by molar-refractivity contribution is 5.83. The van der Waals surface area contributed by atoms with Crippen LogP contribution in [-0.2, 0) is 4.79 Å². The molecule has 0 aromatic carbocycles. The van der Waals surface area contributed by atoms with Crippen molar-refractivity contribution in [2.24, 2.45) is 5.41 Å². The Morgan fingerprint density at radius 1 is 1.73 bits per heavy atom. The maximum absolute atomic E-state index is 12.1. The highest BCUT2D eigenvalue weighted by Crippen LogP contribution is 2.31. The van der Waals surface area contributed by atoms with Gasteiger partial charge in [-0.05, 0) is 26.3 Å². The van der Waals surface area contributed by atoms with Crippen LogP contribution in [0.3, 0.4) is 0 Å². The molecule has 1 fully saturated rings. The van der Waals surface area contributed by atoms with Crippen LogP contribution in [0.4, 0.5) is 0 Å². The molecule has 0 saturated carbocycles. The van der Waals surface area contributed by atoms with E-state index in [9.17, 15) is 4.79 Å². The molecule has 1 aliphatic rings. The van der Waals surface area contributed by atoms with Gasteiger partial charge in [-0.1, -0.05) is 19.3 Å². The maximum Gasteiger partial charge on any atom is 0.228 e. The predicted octanol–water partition coefficient (Wildman–Crippen LogP) is 0.904. The minimum atomic E-state index is -0.222. The first-order valence-corrected chi connectivity index (χ1v) is 5.62. The van der Waals surface area contributed by atoms with Crippen LogP contribution in [0.1, 0.15) is 33.1 Å². The van der Waals surface area contributed by atoms with E-state index in [0.29, 0.717) is 0 Å². The minimum Gasteiger partial charge on any atom is -0.342 e. The molecule has 1 aliphatic heterocycles. The fourth-order valence-electron chi connectivity index (χ4n) is 2.13. The summed E-state index contributed by atoms with van der Waals surface area (Å²) < 4.78 is 0. The molecule has 0 aromatic heterocycles. The summed E-state index contributed by atoms with van der Waals surface area (Å²) >= 11 is 0. The molecule has 0 aromatic rings. The van der Waals surface area contributed by atoms with Gasteiger partial charge in [0.15, 0.2) is 0 Å². The number of hydrogen-bond donors (Lipinski definition) is 2. The molecule has 84 valence electrons. The van der Waals surface area contributed by atoms with Crippen LogP contribution in [0.2, 0.25) is 0 Å². The Labute approximate surface area is 92.0 Å². The quantitative estimate of drug-likeness (QED) is 0.674. The van der Waals surface area contributed by atoms with E-state index in [-0.39, 0.29) is 17.4 Å². The monoisotopic (exact) mass is 208 g/mol. The summed E-state index contributed by atoms with van der Waals surface area (Å²) in [7, 11) is 0. The topological polar surface area (TPSA) is 41.1 Å². The van der Waals surface area contributed by atoms with E-state index >= 15 is 0 Å². The number of nitrogens with one attached hydrogen (secondary N) is 2. The van der Waals surface area contributed by atoms with Gasteiger partial charge < -0.3 is 10.6 Å². The number of amides is 1. The molecule has 0 aliphatic carbocycles. The lowest BCUT2D eigenvalue weighted by Gasteiger charge is -2.27. The van der Waals surface area contributed by atoms with Crippen molar-refractivity contribution in [2.75, 3.05) is 13.1 Å². The summed E-state index contributed by atoms with van der Waals surface area (Å²) in [6.45, 7) is 5.65. The first kappa shape index (κ1) is 12.1. The molecule has 2 N–H and O–H groups in total. The van der Waals surface area contributed by atoms with Crippen LogP contribution < -0.4 is 10.6 Å². The largest absolute Gasteiger partial charge is 0.342 e. The highest BCUT2D eigenvalue weighted by Gasteiger charge is 2.40. The number of carbonyl (C=O) groups excluding carboxylic acids is 1. The number of hydrogen-bond acceptors (Lipinski definition) is 2. The van der Waals surface area contributed by atoms with Gasteiger partial charge in [0.1, 0.15) is 0 Å². The van der Waals surface area contributed by atoms with Crippen molar-refractivity contribution < 1.29 is 4.79 Å². The van der Waals surface area contributed by atoms with E-state index < -0.39 is 0 Å². The molecule has 1 rings (SSSR count). The lowest BCUT2D eigenvalue weighted by molar-refractivity contribution is -0.130. The van der Waals surface area contributed by atoms with Gasteiger partial charge >= 0.3 is 0 Å². The van der Waals surface area contributed by atoms with Crippen LogP contribution in [0.15, 0.2) is 0 Å². The summed E-state index contributed by atoms with van der Waals surface area (Å²) in [6, 6.07) is -0.174. The molecule has 2 unspecified atom stereocenters. The number of carbonyl (C=O) groups is 1. The average Bonchev–Trinajstić information content (AvgIpc) is 2.68. The van der Waals surface area contributed by atoms with Gasteiger partial charge in [-0.3, -0.25) is 4.79 Å². The van der Waals surface area contributed by atoms with Gasteiger partial charge in [0.25, 0.3) is 0 Å². The van der Waals surface area contributed by atoms with Crippen LogP contribution in [0.25, 0.3) is 0 Å². The molecule has 3 nitrogen and oxygen atoms in total. The zero-order valence-corrected chi connectivity index (χ0v) is 9.60. The Kier molecular flexibility index (Phi) is 4.16. The van der Waals surface area contributed by atoms with Gasteiger partial charge in [-0.15, -0.1) is 6.42 Å². The summed E-state index contributed by atoms with van der Waals surface area (Å²) in [4.78, 5) is 12.1. The highest BCUT2D eigenvalue weighted by atomic mass is 16.2. The fourth-order valence-corrected chi connectivity index (χ4v) is 2.13. The second kappa shape index (κ2) is 5.18. The molecule has 3 heteroatoms. The second-order valence-corrected chi connectivity index (χ2v) is 4.32. The molecule has 1 heterocycles. The van der Waals surface area contributed by atoms with E-state index in [1.807, 2.05) is 6.92 Å². The van der Waals surface area contributed by atoms with Crippen LogP contribution in [-0.4, -0.2) is 25.0 Å². The van der Waals surface area contributed by atoms with E-state index in [2.05, 4.69) is 23.5 Å². The van der Waals surface area contributed by atoms with Gasteiger partial charge in [0, 0.05) is 6.54 Å². The molecular formula is C12H20N2O. The molecule has 0 spiro atoms. The van der Waals surface area contributed by atoms with E-state index in [1.165, 1.54) is 0 Å². The Balaban J connectivity index is 2.64. The van der Waals surface area contributed by atoms with Gasteiger partial charge in [0.05, 0.1) is 11.5 Å². The zero-order valence-electron chi connectivity index (χ0n) is 9.60. The summed E-state index contributed by atoms with van der Waals surface area (Å²) in [5.41, 5.74) is -0.222. The number of rotatable bonds is 4. The van der Waals surface area contributed by atoms with E-state index in [1.54, 1.807) is 0 Å². The Hall–Kier alpha value is -1.01. The number of terminal acetylenes is 1. The normalized spacial score (nSPS) is 27.0. The van der Waals surface area contributed by atoms with E-state index in [4.69, 9.17) is 6.42 Å². The molecule has 15 heavy (non-hydrogen) atoms. The minimum absolute atomic E-state index is 0.111. The second-order valence-electron chi connectivity index (χ2n) is 4.32. The van der Waals surface area contributed by atoms with Crippen molar-refractivity contribution in [1.29, 1.82) is 0 Å². The van der Waals surface area contributed by atoms with Gasteiger partial charge in [-0.2, -0.15) is 0 Å². The third kappa shape index (κ3) is 2.73. The van der Waals surface area contributed by atoms with Crippen molar-refractivity contribution in [2.45, 2.75) is 39.2 Å². The van der Waals surface area contributed by atoms with E-state index in [0.717, 1.165) is 32.4 Å². The van der Waals surface area contributed by atoms with Crippen molar-refractivity contribution >= 4 is 5.91 Å². The van der Waals surface area contributed by atoms with Crippen LogP contribution >= 0.6 is 0 Å². The maximum atomic E-state index is 12.1. The molecular weight excluding hydrogens is 188 g/mol. The smallest absolute Gasteiger partial charge is 0.228 e. The molecule has 1 saturated heterocycles. The average molecular weight is 208 g/mol. The third-order valence-electron chi connectivity index (χ3n) is 3.05. The van der Waals surface area contributed by atoms with Gasteiger partial charge in [-0.25, -0.2) is 0 Å². The van der Waals surface area contributed by atoms with Crippen molar-refractivity contribution in [1.82, 2.24) is 10.6 Å². The van der Waals surface area contributed by atoms with Crippen molar-refractivity contribution in [3.8, 4) is 12.3 Å². The third-order valence-corrected chi connectivity index (χ3v) is 3.05. The molecule has 0 radical (unpaired) electrons. The molecule has 0 bridgehead atoms. The van der Waals surface area contributed by atoms with Crippen LogP contribution in [0.5, 0.6) is 0 Å². The lowest BCUT2D eigenvalue weighted by Crippen LogP contribution is -2.45. The summed E-state index contributed by atoms with van der Waals surface area (Å²) in [5.74, 6) is 2.64.